The van der Waals surface area contributed by atoms with Crippen molar-refractivity contribution in [2.45, 2.75) is 6.54 Å². The number of benzene rings is 2. The molecule has 0 atom stereocenters. The summed E-state index contributed by atoms with van der Waals surface area (Å²) in [4.78, 5) is 11.0. The predicted octanol–water partition coefficient (Wildman–Crippen LogP) is 2.69. The molecule has 2 aromatic rings. The maximum Gasteiger partial charge on any atom is 0.248 e. The van der Waals surface area contributed by atoms with Crippen molar-refractivity contribution in [3.8, 4) is 11.5 Å². The van der Waals surface area contributed by atoms with Gasteiger partial charge in [-0.05, 0) is 35.9 Å². The van der Waals surface area contributed by atoms with E-state index in [1.165, 1.54) is 6.07 Å². The standard InChI is InChI=1S/C14H13ClN2O2/c15-12-7-10(14(17)18)3-6-13(12)19-11-4-1-9(8-16)2-5-11/h1-7H,8,16H2,(H2,17,18). The predicted molar refractivity (Wildman–Crippen MR) is 74.4 cm³/mol. The lowest BCUT2D eigenvalue weighted by Crippen LogP contribution is -2.10. The second-order valence-corrected chi connectivity index (χ2v) is 4.37. The summed E-state index contributed by atoms with van der Waals surface area (Å²) in [7, 11) is 0. The van der Waals surface area contributed by atoms with Crippen LogP contribution in [0.2, 0.25) is 5.02 Å². The van der Waals surface area contributed by atoms with Gasteiger partial charge in [-0.15, -0.1) is 0 Å². The van der Waals surface area contributed by atoms with Crippen molar-refractivity contribution in [2.24, 2.45) is 11.5 Å². The minimum atomic E-state index is -0.527. The molecule has 2 rings (SSSR count). The van der Waals surface area contributed by atoms with Gasteiger partial charge in [0, 0.05) is 12.1 Å². The molecule has 0 heterocycles. The van der Waals surface area contributed by atoms with E-state index >= 15 is 0 Å². The average molecular weight is 277 g/mol. The van der Waals surface area contributed by atoms with Crippen LogP contribution >= 0.6 is 11.6 Å². The van der Waals surface area contributed by atoms with Crippen LogP contribution in [0.4, 0.5) is 0 Å². The lowest BCUT2D eigenvalue weighted by molar-refractivity contribution is 0.100. The molecular weight excluding hydrogens is 264 g/mol. The molecule has 0 saturated carbocycles. The molecule has 0 aromatic heterocycles. The van der Waals surface area contributed by atoms with Crippen molar-refractivity contribution in [2.75, 3.05) is 0 Å². The summed E-state index contributed by atoms with van der Waals surface area (Å²) in [5.41, 5.74) is 12.0. The summed E-state index contributed by atoms with van der Waals surface area (Å²) in [6.07, 6.45) is 0. The molecule has 0 aliphatic carbocycles. The number of rotatable bonds is 4. The zero-order valence-corrected chi connectivity index (χ0v) is 10.9. The molecule has 0 aliphatic rings. The van der Waals surface area contributed by atoms with Gasteiger partial charge in [0.05, 0.1) is 5.02 Å². The lowest BCUT2D eigenvalue weighted by atomic mass is 10.2. The number of halogens is 1. The van der Waals surface area contributed by atoms with Crippen LogP contribution in [-0.4, -0.2) is 5.91 Å². The van der Waals surface area contributed by atoms with Gasteiger partial charge in [-0.25, -0.2) is 0 Å². The molecule has 0 radical (unpaired) electrons. The number of hydrogen-bond acceptors (Lipinski definition) is 3. The molecule has 0 fully saturated rings. The van der Waals surface area contributed by atoms with Gasteiger partial charge in [-0.1, -0.05) is 23.7 Å². The van der Waals surface area contributed by atoms with Crippen LogP contribution in [0.1, 0.15) is 15.9 Å². The van der Waals surface area contributed by atoms with Gasteiger partial charge in [0.2, 0.25) is 5.91 Å². The lowest BCUT2D eigenvalue weighted by Gasteiger charge is -2.08. The number of amides is 1. The summed E-state index contributed by atoms with van der Waals surface area (Å²) in [6.45, 7) is 0.481. The van der Waals surface area contributed by atoms with Crippen molar-refractivity contribution < 1.29 is 9.53 Å². The van der Waals surface area contributed by atoms with E-state index in [0.717, 1.165) is 5.56 Å². The molecule has 0 bridgehead atoms. The van der Waals surface area contributed by atoms with Gasteiger partial charge in [-0.3, -0.25) is 4.79 Å². The van der Waals surface area contributed by atoms with E-state index in [4.69, 9.17) is 27.8 Å². The normalized spacial score (nSPS) is 10.2. The second-order valence-electron chi connectivity index (χ2n) is 3.96. The van der Waals surface area contributed by atoms with Gasteiger partial charge in [0.25, 0.3) is 0 Å². The molecule has 0 unspecified atom stereocenters. The first-order chi connectivity index (χ1) is 9.10. The van der Waals surface area contributed by atoms with Gasteiger partial charge in [0.1, 0.15) is 11.5 Å². The summed E-state index contributed by atoms with van der Waals surface area (Å²) in [6, 6.07) is 12.0. The first kappa shape index (κ1) is 13.4. The van der Waals surface area contributed by atoms with E-state index in [9.17, 15) is 4.79 Å². The molecular formula is C14H13ClN2O2. The molecule has 4 nitrogen and oxygen atoms in total. The third-order valence-corrected chi connectivity index (χ3v) is 2.90. The Balaban J connectivity index is 2.20. The Morgan fingerprint density at radius 3 is 2.37 bits per heavy atom. The number of carbonyl (C=O) groups is 1. The molecule has 0 spiro atoms. The van der Waals surface area contributed by atoms with E-state index in [1.807, 2.05) is 12.1 Å². The molecule has 0 aliphatic heterocycles. The molecule has 98 valence electrons. The maximum absolute atomic E-state index is 11.0. The van der Waals surface area contributed by atoms with Gasteiger partial charge < -0.3 is 16.2 Å². The maximum atomic E-state index is 11.0. The zero-order chi connectivity index (χ0) is 13.8. The van der Waals surface area contributed by atoms with Crippen molar-refractivity contribution in [3.63, 3.8) is 0 Å². The van der Waals surface area contributed by atoms with Crippen LogP contribution < -0.4 is 16.2 Å². The highest BCUT2D eigenvalue weighted by Crippen LogP contribution is 2.30. The van der Waals surface area contributed by atoms with E-state index in [-0.39, 0.29) is 0 Å². The average Bonchev–Trinajstić information content (AvgIpc) is 2.41. The van der Waals surface area contributed by atoms with Crippen molar-refractivity contribution in [1.82, 2.24) is 0 Å². The van der Waals surface area contributed by atoms with Gasteiger partial charge >= 0.3 is 0 Å². The Hall–Kier alpha value is -2.04. The summed E-state index contributed by atoms with van der Waals surface area (Å²) < 4.78 is 5.62. The number of hydrogen-bond donors (Lipinski definition) is 2. The topological polar surface area (TPSA) is 78.3 Å². The Labute approximate surface area is 115 Å². The molecule has 4 N–H and O–H groups in total. The Kier molecular flexibility index (Phi) is 4.04. The van der Waals surface area contributed by atoms with Crippen LogP contribution in [0, 0.1) is 0 Å². The number of nitrogens with two attached hydrogens (primary N) is 2. The van der Waals surface area contributed by atoms with Gasteiger partial charge in [-0.2, -0.15) is 0 Å². The number of carbonyl (C=O) groups excluding carboxylic acids is 1. The van der Waals surface area contributed by atoms with E-state index in [1.54, 1.807) is 24.3 Å². The van der Waals surface area contributed by atoms with Crippen molar-refractivity contribution in [1.29, 1.82) is 0 Å². The van der Waals surface area contributed by atoms with Crippen LogP contribution in [-0.2, 0) is 6.54 Å². The molecule has 2 aromatic carbocycles. The third kappa shape index (κ3) is 3.24. The van der Waals surface area contributed by atoms with Crippen LogP contribution in [0.5, 0.6) is 11.5 Å². The monoisotopic (exact) mass is 276 g/mol. The summed E-state index contributed by atoms with van der Waals surface area (Å²) >= 11 is 6.03. The fourth-order valence-electron chi connectivity index (χ4n) is 1.56. The first-order valence-corrected chi connectivity index (χ1v) is 6.04. The summed E-state index contributed by atoms with van der Waals surface area (Å²) in [5, 5.41) is 0.333. The van der Waals surface area contributed by atoms with Crippen LogP contribution in [0.25, 0.3) is 0 Å². The third-order valence-electron chi connectivity index (χ3n) is 2.60. The highest BCUT2D eigenvalue weighted by atomic mass is 35.5. The minimum Gasteiger partial charge on any atom is -0.456 e. The molecule has 0 saturated heterocycles. The molecule has 5 heteroatoms. The highest BCUT2D eigenvalue weighted by molar-refractivity contribution is 6.32. The SMILES string of the molecule is NCc1ccc(Oc2ccc(C(N)=O)cc2Cl)cc1. The van der Waals surface area contributed by atoms with E-state index < -0.39 is 5.91 Å². The minimum absolute atomic E-state index is 0.333. The fraction of sp³-hybridized carbons (Fsp3) is 0.0714. The van der Waals surface area contributed by atoms with Crippen molar-refractivity contribution in [3.05, 3.63) is 58.6 Å². The molecule has 1 amide bonds. The van der Waals surface area contributed by atoms with Crippen LogP contribution in [0.15, 0.2) is 42.5 Å². The Bertz CT molecular complexity index is 597. The number of ether oxygens (including phenoxy) is 1. The zero-order valence-electron chi connectivity index (χ0n) is 10.1. The quantitative estimate of drug-likeness (QED) is 0.901. The Morgan fingerprint density at radius 1 is 1.16 bits per heavy atom. The smallest absolute Gasteiger partial charge is 0.248 e. The van der Waals surface area contributed by atoms with Gasteiger partial charge in [0.15, 0.2) is 0 Å². The summed E-state index contributed by atoms with van der Waals surface area (Å²) in [5.74, 6) is 0.582. The van der Waals surface area contributed by atoms with E-state index in [0.29, 0.717) is 28.6 Å². The number of primary amides is 1. The highest BCUT2D eigenvalue weighted by Gasteiger charge is 2.07. The second kappa shape index (κ2) is 5.73. The Morgan fingerprint density at radius 2 is 1.84 bits per heavy atom. The molecule has 19 heavy (non-hydrogen) atoms. The largest absolute Gasteiger partial charge is 0.456 e. The van der Waals surface area contributed by atoms with E-state index in [2.05, 4.69) is 0 Å². The van der Waals surface area contributed by atoms with Crippen LogP contribution in [0.3, 0.4) is 0 Å². The van der Waals surface area contributed by atoms with Crippen molar-refractivity contribution >= 4 is 17.5 Å². The fourth-order valence-corrected chi connectivity index (χ4v) is 1.78. The first-order valence-electron chi connectivity index (χ1n) is 5.66.